The van der Waals surface area contributed by atoms with Crippen molar-refractivity contribution in [2.75, 3.05) is 5.73 Å². The van der Waals surface area contributed by atoms with Gasteiger partial charge in [0.1, 0.15) is 17.3 Å². The van der Waals surface area contributed by atoms with Crippen LogP contribution in [0.3, 0.4) is 0 Å². The third-order valence-electron chi connectivity index (χ3n) is 3.11. The first-order valence-electron chi connectivity index (χ1n) is 6.44. The van der Waals surface area contributed by atoms with Crippen molar-refractivity contribution in [1.82, 2.24) is 19.5 Å². The largest absolute Gasteiger partial charge is 0.384 e. The van der Waals surface area contributed by atoms with E-state index >= 15 is 0 Å². The van der Waals surface area contributed by atoms with Crippen LogP contribution in [0.25, 0.3) is 11.5 Å². The molecule has 0 atom stereocenters. The van der Waals surface area contributed by atoms with Crippen LogP contribution in [0.1, 0.15) is 37.9 Å². The first-order chi connectivity index (χ1) is 8.78. The molecule has 0 aromatic carbocycles. The lowest BCUT2D eigenvalue weighted by atomic mass is 10.3. The van der Waals surface area contributed by atoms with Gasteiger partial charge in [-0.15, -0.1) is 0 Å². The average Bonchev–Trinajstić information content (AvgIpc) is 3.10. The zero-order valence-electron chi connectivity index (χ0n) is 10.5. The summed E-state index contributed by atoms with van der Waals surface area (Å²) in [5.74, 6) is 2.79. The van der Waals surface area contributed by atoms with Gasteiger partial charge in [-0.3, -0.25) is 0 Å². The Balaban J connectivity index is 2.01. The Morgan fingerprint density at radius 1 is 1.39 bits per heavy atom. The highest BCUT2D eigenvalue weighted by molar-refractivity contribution is 5.54. The number of rotatable bonds is 4. The predicted octanol–water partition coefficient (Wildman–Crippen LogP) is 2.21. The third kappa shape index (κ3) is 2.08. The minimum absolute atomic E-state index is 0.502. The second kappa shape index (κ2) is 4.40. The number of nitrogen functional groups attached to an aromatic ring is 1. The molecule has 1 fully saturated rings. The third-order valence-corrected chi connectivity index (χ3v) is 3.11. The smallest absolute Gasteiger partial charge is 0.158 e. The summed E-state index contributed by atoms with van der Waals surface area (Å²) in [5, 5.41) is 0. The van der Waals surface area contributed by atoms with E-state index < -0.39 is 0 Å². The molecule has 2 aromatic rings. The van der Waals surface area contributed by atoms with Gasteiger partial charge in [-0.05, 0) is 19.3 Å². The zero-order valence-corrected chi connectivity index (χ0v) is 10.5. The monoisotopic (exact) mass is 243 g/mol. The number of aromatic nitrogens is 4. The first kappa shape index (κ1) is 11.2. The summed E-state index contributed by atoms with van der Waals surface area (Å²) in [6, 6.07) is 1.81. The lowest BCUT2D eigenvalue weighted by molar-refractivity contribution is 0.683. The SMILES string of the molecule is CCCn1ccnc1-c1cc(N)nc(C2CC2)n1. The summed E-state index contributed by atoms with van der Waals surface area (Å²) < 4.78 is 2.11. The van der Waals surface area contributed by atoms with E-state index in [2.05, 4.69) is 26.4 Å². The fraction of sp³-hybridized carbons (Fsp3) is 0.462. The fourth-order valence-corrected chi connectivity index (χ4v) is 2.09. The maximum absolute atomic E-state index is 5.87. The normalized spacial score (nSPS) is 14.9. The molecule has 0 radical (unpaired) electrons. The van der Waals surface area contributed by atoms with E-state index in [9.17, 15) is 0 Å². The number of hydrogen-bond donors (Lipinski definition) is 1. The molecule has 18 heavy (non-hydrogen) atoms. The lowest BCUT2D eigenvalue weighted by Crippen LogP contribution is -2.04. The summed E-state index contributed by atoms with van der Waals surface area (Å²) in [6.07, 6.45) is 7.20. The molecule has 1 aliphatic carbocycles. The summed E-state index contributed by atoms with van der Waals surface area (Å²) in [7, 11) is 0. The molecule has 0 spiro atoms. The Kier molecular flexibility index (Phi) is 2.74. The van der Waals surface area contributed by atoms with Crippen LogP contribution in [0.5, 0.6) is 0 Å². The molecule has 0 saturated heterocycles. The molecular formula is C13H17N5. The predicted molar refractivity (Wildman–Crippen MR) is 69.9 cm³/mol. The van der Waals surface area contributed by atoms with E-state index in [1.54, 1.807) is 12.3 Å². The topological polar surface area (TPSA) is 69.6 Å². The highest BCUT2D eigenvalue weighted by atomic mass is 15.1. The highest BCUT2D eigenvalue weighted by Crippen LogP contribution is 2.38. The molecule has 5 heteroatoms. The minimum atomic E-state index is 0.502. The number of imidazole rings is 1. The van der Waals surface area contributed by atoms with Gasteiger partial charge in [-0.2, -0.15) is 0 Å². The summed E-state index contributed by atoms with van der Waals surface area (Å²) >= 11 is 0. The number of nitrogens with zero attached hydrogens (tertiary/aromatic N) is 4. The molecule has 0 amide bonds. The standard InChI is InChI=1S/C13H17N5/c1-2-6-18-7-5-15-13(18)10-8-11(14)17-12(16-10)9-3-4-9/h5,7-9H,2-4,6H2,1H3,(H2,14,16,17). The number of nitrogens with two attached hydrogens (primary N) is 1. The second-order valence-electron chi connectivity index (χ2n) is 4.75. The van der Waals surface area contributed by atoms with E-state index in [-0.39, 0.29) is 0 Å². The zero-order chi connectivity index (χ0) is 12.5. The van der Waals surface area contributed by atoms with Crippen molar-refractivity contribution in [3.63, 3.8) is 0 Å². The maximum Gasteiger partial charge on any atom is 0.158 e. The Hall–Kier alpha value is -1.91. The van der Waals surface area contributed by atoms with Crippen molar-refractivity contribution in [1.29, 1.82) is 0 Å². The van der Waals surface area contributed by atoms with Crippen molar-refractivity contribution in [2.24, 2.45) is 0 Å². The van der Waals surface area contributed by atoms with E-state index in [4.69, 9.17) is 5.73 Å². The molecule has 2 heterocycles. The van der Waals surface area contributed by atoms with Crippen LogP contribution in [0, 0.1) is 0 Å². The second-order valence-corrected chi connectivity index (χ2v) is 4.75. The van der Waals surface area contributed by atoms with Crippen LogP contribution in [0.4, 0.5) is 5.82 Å². The molecule has 3 rings (SSSR count). The Labute approximate surface area is 106 Å². The van der Waals surface area contributed by atoms with Crippen LogP contribution in [0.2, 0.25) is 0 Å². The van der Waals surface area contributed by atoms with Crippen molar-refractivity contribution in [2.45, 2.75) is 38.6 Å². The van der Waals surface area contributed by atoms with Crippen molar-refractivity contribution < 1.29 is 0 Å². The van der Waals surface area contributed by atoms with Crippen molar-refractivity contribution in [3.8, 4) is 11.5 Å². The van der Waals surface area contributed by atoms with Crippen LogP contribution in [-0.2, 0) is 6.54 Å². The van der Waals surface area contributed by atoms with Crippen LogP contribution >= 0.6 is 0 Å². The van der Waals surface area contributed by atoms with Gasteiger partial charge in [-0.25, -0.2) is 15.0 Å². The van der Waals surface area contributed by atoms with Crippen LogP contribution < -0.4 is 5.73 Å². The molecule has 94 valence electrons. The van der Waals surface area contributed by atoms with E-state index in [0.29, 0.717) is 11.7 Å². The first-order valence-corrected chi connectivity index (χ1v) is 6.44. The molecule has 2 aromatic heterocycles. The maximum atomic E-state index is 5.87. The molecule has 2 N–H and O–H groups in total. The molecule has 1 aliphatic rings. The number of anilines is 1. The van der Waals surface area contributed by atoms with Gasteiger partial charge < -0.3 is 10.3 Å². The molecular weight excluding hydrogens is 226 g/mol. The van der Waals surface area contributed by atoms with Gasteiger partial charge in [0.05, 0.1) is 0 Å². The van der Waals surface area contributed by atoms with E-state index in [0.717, 1.165) is 30.3 Å². The van der Waals surface area contributed by atoms with Crippen molar-refractivity contribution >= 4 is 5.82 Å². The molecule has 5 nitrogen and oxygen atoms in total. The Bertz CT molecular complexity index is 556. The van der Waals surface area contributed by atoms with Gasteiger partial charge >= 0.3 is 0 Å². The molecule has 0 bridgehead atoms. The van der Waals surface area contributed by atoms with E-state index in [1.807, 2.05) is 6.20 Å². The summed E-state index contributed by atoms with van der Waals surface area (Å²) in [6.45, 7) is 3.09. The number of hydrogen-bond acceptors (Lipinski definition) is 4. The molecule has 0 aliphatic heterocycles. The van der Waals surface area contributed by atoms with E-state index in [1.165, 1.54) is 12.8 Å². The van der Waals surface area contributed by atoms with Gasteiger partial charge in [-0.1, -0.05) is 6.92 Å². The highest BCUT2D eigenvalue weighted by Gasteiger charge is 2.27. The lowest BCUT2D eigenvalue weighted by Gasteiger charge is -2.07. The Morgan fingerprint density at radius 3 is 2.94 bits per heavy atom. The summed E-state index contributed by atoms with van der Waals surface area (Å²) in [5.41, 5.74) is 6.70. The van der Waals surface area contributed by atoms with Crippen molar-refractivity contribution in [3.05, 3.63) is 24.3 Å². The Morgan fingerprint density at radius 2 is 2.22 bits per heavy atom. The fourth-order valence-electron chi connectivity index (χ4n) is 2.09. The van der Waals surface area contributed by atoms with Gasteiger partial charge in [0.15, 0.2) is 5.82 Å². The quantitative estimate of drug-likeness (QED) is 0.893. The summed E-state index contributed by atoms with van der Waals surface area (Å²) in [4.78, 5) is 13.3. The number of aryl methyl sites for hydroxylation is 1. The average molecular weight is 243 g/mol. The van der Waals surface area contributed by atoms with Crippen LogP contribution in [-0.4, -0.2) is 19.5 Å². The van der Waals surface area contributed by atoms with Crippen LogP contribution in [0.15, 0.2) is 18.5 Å². The molecule has 1 saturated carbocycles. The van der Waals surface area contributed by atoms with Gasteiger partial charge in [0.2, 0.25) is 0 Å². The minimum Gasteiger partial charge on any atom is -0.384 e. The molecule has 0 unspecified atom stereocenters. The van der Waals surface area contributed by atoms with Gasteiger partial charge in [0, 0.05) is 30.9 Å². The van der Waals surface area contributed by atoms with Gasteiger partial charge in [0.25, 0.3) is 0 Å².